The summed E-state index contributed by atoms with van der Waals surface area (Å²) in [5.41, 5.74) is 0.543. The third-order valence-corrected chi connectivity index (χ3v) is 1.69. The van der Waals surface area contributed by atoms with Crippen LogP contribution in [0.4, 0.5) is 8.78 Å². The SMILES string of the molecule is CC(F)(F)CCc1ccnc(Cl)n1. The highest BCUT2D eigenvalue weighted by Gasteiger charge is 2.20. The monoisotopic (exact) mass is 206 g/mol. The summed E-state index contributed by atoms with van der Waals surface area (Å²) < 4.78 is 24.9. The van der Waals surface area contributed by atoms with Crippen LogP contribution in [0.15, 0.2) is 12.3 Å². The second kappa shape index (κ2) is 3.96. The van der Waals surface area contributed by atoms with E-state index in [-0.39, 0.29) is 18.1 Å². The molecule has 1 rings (SSSR count). The summed E-state index contributed by atoms with van der Waals surface area (Å²) in [5, 5.41) is 0.0944. The molecule has 0 fully saturated rings. The number of aryl methyl sites for hydroxylation is 1. The van der Waals surface area contributed by atoms with E-state index in [1.165, 1.54) is 6.20 Å². The van der Waals surface area contributed by atoms with Crippen molar-refractivity contribution in [2.45, 2.75) is 25.7 Å². The van der Waals surface area contributed by atoms with Gasteiger partial charge in [0.2, 0.25) is 11.2 Å². The van der Waals surface area contributed by atoms with Crippen LogP contribution in [0.25, 0.3) is 0 Å². The number of rotatable bonds is 3. The summed E-state index contributed by atoms with van der Waals surface area (Å²) in [4.78, 5) is 7.45. The van der Waals surface area contributed by atoms with Gasteiger partial charge in [0.25, 0.3) is 0 Å². The van der Waals surface area contributed by atoms with Crippen molar-refractivity contribution in [3.05, 3.63) is 23.2 Å². The van der Waals surface area contributed by atoms with Crippen molar-refractivity contribution in [3.8, 4) is 0 Å². The lowest BCUT2D eigenvalue weighted by Crippen LogP contribution is -2.11. The number of nitrogens with zero attached hydrogens (tertiary/aromatic N) is 2. The van der Waals surface area contributed by atoms with Gasteiger partial charge >= 0.3 is 0 Å². The average Bonchev–Trinajstić information content (AvgIpc) is 2.00. The highest BCUT2D eigenvalue weighted by molar-refractivity contribution is 6.28. The van der Waals surface area contributed by atoms with Crippen LogP contribution >= 0.6 is 11.6 Å². The lowest BCUT2D eigenvalue weighted by molar-refractivity contribution is 0.0130. The molecule has 0 radical (unpaired) electrons. The Morgan fingerprint density at radius 3 is 2.77 bits per heavy atom. The Morgan fingerprint density at radius 1 is 1.54 bits per heavy atom. The molecule has 0 spiro atoms. The van der Waals surface area contributed by atoms with Gasteiger partial charge in [-0.25, -0.2) is 18.7 Å². The van der Waals surface area contributed by atoms with Crippen molar-refractivity contribution in [1.29, 1.82) is 0 Å². The maximum Gasteiger partial charge on any atom is 0.245 e. The molecule has 0 saturated heterocycles. The van der Waals surface area contributed by atoms with E-state index in [9.17, 15) is 8.78 Å². The van der Waals surface area contributed by atoms with Gasteiger partial charge in [0, 0.05) is 18.3 Å². The van der Waals surface area contributed by atoms with E-state index in [0.29, 0.717) is 5.69 Å². The minimum absolute atomic E-state index is 0.0944. The smallest absolute Gasteiger partial charge is 0.227 e. The Morgan fingerprint density at radius 2 is 2.23 bits per heavy atom. The number of aromatic nitrogens is 2. The third-order valence-electron chi connectivity index (χ3n) is 1.50. The number of hydrogen-bond acceptors (Lipinski definition) is 2. The summed E-state index contributed by atoms with van der Waals surface area (Å²) in [5.74, 6) is -2.66. The Bertz CT molecular complexity index is 286. The molecule has 0 aromatic carbocycles. The number of halogens is 3. The molecule has 72 valence electrons. The van der Waals surface area contributed by atoms with Crippen LogP contribution in [0.3, 0.4) is 0 Å². The molecule has 0 bridgehead atoms. The molecule has 0 N–H and O–H groups in total. The molecule has 2 nitrogen and oxygen atoms in total. The molecule has 1 aromatic rings. The Balaban J connectivity index is 2.55. The maximum atomic E-state index is 12.4. The van der Waals surface area contributed by atoms with Gasteiger partial charge in [-0.2, -0.15) is 0 Å². The van der Waals surface area contributed by atoms with Crippen molar-refractivity contribution in [2.75, 3.05) is 0 Å². The zero-order valence-electron chi connectivity index (χ0n) is 7.10. The Hall–Kier alpha value is -0.770. The second-order valence-corrected chi connectivity index (χ2v) is 3.23. The first-order valence-corrected chi connectivity index (χ1v) is 4.20. The molecule has 0 aliphatic rings. The largest absolute Gasteiger partial charge is 0.245 e. The van der Waals surface area contributed by atoms with Gasteiger partial charge in [0.15, 0.2) is 0 Å². The van der Waals surface area contributed by atoms with Crippen LogP contribution in [0, 0.1) is 0 Å². The molecular formula is C8H9ClF2N2. The fourth-order valence-electron chi connectivity index (χ4n) is 0.856. The van der Waals surface area contributed by atoms with Gasteiger partial charge < -0.3 is 0 Å². The van der Waals surface area contributed by atoms with Crippen molar-refractivity contribution in [2.24, 2.45) is 0 Å². The molecule has 0 aliphatic carbocycles. The molecule has 0 aliphatic heterocycles. The van der Waals surface area contributed by atoms with Gasteiger partial charge in [-0.05, 0) is 31.0 Å². The van der Waals surface area contributed by atoms with Crippen LogP contribution in [0.2, 0.25) is 5.28 Å². The first-order chi connectivity index (χ1) is 5.97. The zero-order chi connectivity index (χ0) is 9.90. The molecule has 13 heavy (non-hydrogen) atoms. The molecule has 0 amide bonds. The lowest BCUT2D eigenvalue weighted by atomic mass is 10.1. The predicted molar refractivity (Wildman–Crippen MR) is 46.0 cm³/mol. The fourth-order valence-corrected chi connectivity index (χ4v) is 1.02. The van der Waals surface area contributed by atoms with Crippen molar-refractivity contribution < 1.29 is 8.78 Å². The van der Waals surface area contributed by atoms with Crippen molar-refractivity contribution in [1.82, 2.24) is 9.97 Å². The highest BCUT2D eigenvalue weighted by Crippen LogP contribution is 2.19. The second-order valence-electron chi connectivity index (χ2n) is 2.89. The normalized spacial score (nSPS) is 11.7. The lowest BCUT2D eigenvalue weighted by Gasteiger charge is -2.08. The quantitative estimate of drug-likeness (QED) is 0.711. The van der Waals surface area contributed by atoms with Gasteiger partial charge in [-0.15, -0.1) is 0 Å². The van der Waals surface area contributed by atoms with E-state index in [4.69, 9.17) is 11.6 Å². The molecule has 0 atom stereocenters. The zero-order valence-corrected chi connectivity index (χ0v) is 7.85. The van der Waals surface area contributed by atoms with Gasteiger partial charge in [-0.3, -0.25) is 0 Å². The van der Waals surface area contributed by atoms with Gasteiger partial charge in [-0.1, -0.05) is 0 Å². The van der Waals surface area contributed by atoms with E-state index in [1.54, 1.807) is 6.07 Å². The first-order valence-electron chi connectivity index (χ1n) is 3.83. The minimum atomic E-state index is -2.66. The van der Waals surface area contributed by atoms with Gasteiger partial charge in [0.05, 0.1) is 0 Å². The first kappa shape index (κ1) is 10.3. The van der Waals surface area contributed by atoms with E-state index in [2.05, 4.69) is 9.97 Å². The van der Waals surface area contributed by atoms with Crippen LogP contribution in [0.1, 0.15) is 19.0 Å². The molecular weight excluding hydrogens is 198 g/mol. The summed E-state index contributed by atoms with van der Waals surface area (Å²) in [7, 11) is 0. The molecule has 0 unspecified atom stereocenters. The molecule has 1 heterocycles. The highest BCUT2D eigenvalue weighted by atomic mass is 35.5. The molecule has 1 aromatic heterocycles. The summed E-state index contributed by atoms with van der Waals surface area (Å²) in [6.45, 7) is 0.885. The van der Waals surface area contributed by atoms with Crippen LogP contribution in [-0.4, -0.2) is 15.9 Å². The van der Waals surface area contributed by atoms with E-state index in [1.807, 2.05) is 0 Å². The summed E-state index contributed by atoms with van der Waals surface area (Å²) >= 11 is 5.49. The maximum absolute atomic E-state index is 12.4. The molecule has 0 saturated carbocycles. The fraction of sp³-hybridized carbons (Fsp3) is 0.500. The Labute approximate surface area is 80.0 Å². The Kier molecular flexibility index (Phi) is 3.14. The van der Waals surface area contributed by atoms with Gasteiger partial charge in [0.1, 0.15) is 0 Å². The number of hydrogen-bond donors (Lipinski definition) is 0. The van der Waals surface area contributed by atoms with Crippen molar-refractivity contribution in [3.63, 3.8) is 0 Å². The minimum Gasteiger partial charge on any atom is -0.227 e. The van der Waals surface area contributed by atoms with Crippen molar-refractivity contribution >= 4 is 11.6 Å². The van der Waals surface area contributed by atoms with Crippen LogP contribution in [0.5, 0.6) is 0 Å². The number of alkyl halides is 2. The van der Waals surface area contributed by atoms with Crippen LogP contribution in [-0.2, 0) is 6.42 Å². The standard InChI is InChI=1S/C8H9ClF2N2/c1-8(10,11)4-2-6-3-5-12-7(9)13-6/h3,5H,2,4H2,1H3. The predicted octanol–water partition coefficient (Wildman–Crippen LogP) is 2.72. The van der Waals surface area contributed by atoms with E-state index >= 15 is 0 Å². The third kappa shape index (κ3) is 4.12. The summed E-state index contributed by atoms with van der Waals surface area (Å²) in [6.07, 6.45) is 1.45. The summed E-state index contributed by atoms with van der Waals surface area (Å²) in [6, 6.07) is 1.58. The van der Waals surface area contributed by atoms with Crippen LogP contribution < -0.4 is 0 Å². The topological polar surface area (TPSA) is 25.8 Å². The molecule has 5 heteroatoms. The average molecular weight is 207 g/mol. The van der Waals surface area contributed by atoms with E-state index in [0.717, 1.165) is 6.92 Å². The van der Waals surface area contributed by atoms with E-state index < -0.39 is 5.92 Å².